The van der Waals surface area contributed by atoms with Gasteiger partial charge in [0.05, 0.1) is 36.0 Å². The molecule has 0 saturated heterocycles. The first kappa shape index (κ1) is 80.3. The highest BCUT2D eigenvalue weighted by Gasteiger charge is 2.32. The van der Waals surface area contributed by atoms with Crippen LogP contribution in [0, 0.1) is 11.7 Å². The predicted molar refractivity (Wildman–Crippen MR) is 314 cm³/mol. The zero-order chi connectivity index (χ0) is 61.3. The summed E-state index contributed by atoms with van der Waals surface area (Å²) in [5.41, 5.74) is 2.97. The number of aliphatic hydroxyl groups is 2. The maximum atomic E-state index is 12.4. The predicted octanol–water partition coefficient (Wildman–Crippen LogP) is 19.7. The van der Waals surface area contributed by atoms with Gasteiger partial charge in [-0.1, -0.05) is 163 Å². The molecule has 6 aromatic rings. The third-order valence-electron chi connectivity index (χ3n) is 10.9. The number of aromatic nitrogens is 2. The highest BCUT2D eigenvalue weighted by Crippen LogP contribution is 2.33. The van der Waals surface area contributed by atoms with E-state index in [4.69, 9.17) is 14.9 Å². The van der Waals surface area contributed by atoms with Crippen molar-refractivity contribution in [3.8, 4) is 5.75 Å². The van der Waals surface area contributed by atoms with Crippen molar-refractivity contribution in [1.29, 1.82) is 0 Å². The summed E-state index contributed by atoms with van der Waals surface area (Å²) < 4.78 is 133. The maximum Gasteiger partial charge on any atom is 0.573 e. The van der Waals surface area contributed by atoms with Crippen molar-refractivity contribution in [3.63, 3.8) is 0 Å². The number of hydrogen-bond acceptors (Lipinski definition) is 7. The van der Waals surface area contributed by atoms with Crippen molar-refractivity contribution in [3.05, 3.63) is 197 Å². The summed E-state index contributed by atoms with van der Waals surface area (Å²) in [4.78, 5) is 7.90. The summed E-state index contributed by atoms with van der Waals surface area (Å²) in [5, 5.41) is 18.0. The minimum absolute atomic E-state index is 0. The smallest absolute Gasteiger partial charge is 0.406 e. The van der Waals surface area contributed by atoms with Crippen molar-refractivity contribution in [2.75, 3.05) is 27.4 Å². The average molecular weight is 1170 g/mol. The van der Waals surface area contributed by atoms with Gasteiger partial charge in [0.1, 0.15) is 11.6 Å². The van der Waals surface area contributed by atoms with Crippen LogP contribution < -0.4 is 4.74 Å². The zero-order valence-corrected chi connectivity index (χ0v) is 48.6. The molecule has 82 heavy (non-hydrogen) atoms. The van der Waals surface area contributed by atoms with Crippen molar-refractivity contribution >= 4 is 0 Å². The van der Waals surface area contributed by atoms with Crippen molar-refractivity contribution in [2.45, 2.75) is 171 Å². The highest BCUT2D eigenvalue weighted by atomic mass is 19.4. The van der Waals surface area contributed by atoms with Crippen molar-refractivity contribution < 1.29 is 68.3 Å². The Morgan fingerprint density at radius 1 is 0.500 bits per heavy atom. The van der Waals surface area contributed by atoms with Crippen molar-refractivity contribution in [1.82, 2.24) is 9.97 Å². The summed E-state index contributed by atoms with van der Waals surface area (Å²) in [6.07, 6.45) is -8.25. The zero-order valence-electron chi connectivity index (χ0n) is 48.6. The summed E-state index contributed by atoms with van der Waals surface area (Å²) in [5.74, 6) is 1.97. The molecule has 2 aromatic heterocycles. The van der Waals surface area contributed by atoms with Crippen LogP contribution in [-0.2, 0) is 21.8 Å². The van der Waals surface area contributed by atoms with Gasteiger partial charge in [0.15, 0.2) is 0 Å². The Hall–Kier alpha value is -5.88. The molecular weight excluding hydrogens is 1080 g/mol. The Balaban J connectivity index is -0.000000878. The molecule has 0 amide bonds. The molecule has 0 radical (unpaired) electrons. The number of nitrogens with zero attached hydrogens (tertiary/aromatic N) is 2. The Labute approximate surface area is 483 Å². The molecule has 1 fully saturated rings. The van der Waals surface area contributed by atoms with Gasteiger partial charge in [-0.3, -0.25) is 9.97 Å². The lowest BCUT2D eigenvalue weighted by molar-refractivity contribution is -0.274. The summed E-state index contributed by atoms with van der Waals surface area (Å²) in [6.45, 7) is 24.4. The Morgan fingerprint density at radius 2 is 0.890 bits per heavy atom. The van der Waals surface area contributed by atoms with Crippen LogP contribution in [0.4, 0.5) is 43.9 Å². The first-order chi connectivity index (χ1) is 37.1. The summed E-state index contributed by atoms with van der Waals surface area (Å²) >= 11 is 0. The van der Waals surface area contributed by atoms with E-state index < -0.39 is 35.4 Å². The molecule has 462 valence electrons. The number of ether oxygens (including phenoxy) is 3. The Kier molecular flexibility index (Phi) is 40.3. The van der Waals surface area contributed by atoms with E-state index in [2.05, 4.69) is 47.1 Å². The number of methoxy groups -OCH3 is 2. The van der Waals surface area contributed by atoms with E-state index >= 15 is 0 Å². The molecule has 7 nitrogen and oxygen atoms in total. The van der Waals surface area contributed by atoms with Gasteiger partial charge in [-0.25, -0.2) is 4.39 Å². The number of halogens is 10. The van der Waals surface area contributed by atoms with Gasteiger partial charge in [-0.2, -0.15) is 26.3 Å². The van der Waals surface area contributed by atoms with E-state index in [1.165, 1.54) is 60.9 Å². The van der Waals surface area contributed by atoms with Crippen molar-refractivity contribution in [2.24, 2.45) is 5.92 Å². The van der Waals surface area contributed by atoms with Gasteiger partial charge in [0.2, 0.25) is 0 Å². The largest absolute Gasteiger partial charge is 0.573 e. The first-order valence-electron chi connectivity index (χ1n) is 26.2. The molecule has 0 spiro atoms. The fraction of sp³-hybridized carbons (Fsp3) is 0.477. The van der Waals surface area contributed by atoms with E-state index in [-0.39, 0.29) is 44.4 Å². The molecule has 0 bridgehead atoms. The lowest BCUT2D eigenvalue weighted by atomic mass is 10.0. The minimum Gasteiger partial charge on any atom is -0.406 e. The van der Waals surface area contributed by atoms with Crippen LogP contribution in [0.1, 0.15) is 180 Å². The molecule has 17 heteroatoms. The van der Waals surface area contributed by atoms with Gasteiger partial charge in [-0.15, -0.1) is 13.2 Å². The lowest BCUT2D eigenvalue weighted by Gasteiger charge is -2.13. The number of hydrogen-bond donors (Lipinski definition) is 2. The second-order valence-electron chi connectivity index (χ2n) is 20.5. The monoisotopic (exact) mass is 1170 g/mol. The van der Waals surface area contributed by atoms with E-state index in [1.54, 1.807) is 40.2 Å². The van der Waals surface area contributed by atoms with Crippen LogP contribution >= 0.6 is 0 Å². The highest BCUT2D eigenvalue weighted by molar-refractivity contribution is 5.29. The second kappa shape index (κ2) is 41.2. The molecule has 0 aliphatic heterocycles. The maximum absolute atomic E-state index is 12.4. The van der Waals surface area contributed by atoms with Crippen LogP contribution in [0.3, 0.4) is 0 Å². The van der Waals surface area contributed by atoms with E-state index in [0.717, 1.165) is 41.2 Å². The minimum atomic E-state index is -4.61. The molecule has 2 N–H and O–H groups in total. The summed E-state index contributed by atoms with van der Waals surface area (Å²) in [6, 6.07) is 38.3. The molecule has 1 atom stereocenters. The number of rotatable bonds is 11. The van der Waals surface area contributed by atoms with Gasteiger partial charge < -0.3 is 24.4 Å². The Morgan fingerprint density at radius 3 is 1.16 bits per heavy atom. The van der Waals surface area contributed by atoms with Gasteiger partial charge in [0.25, 0.3) is 0 Å². The fourth-order valence-corrected chi connectivity index (χ4v) is 6.12. The normalized spacial score (nSPS) is 12.1. The molecule has 1 unspecified atom stereocenters. The van der Waals surface area contributed by atoms with Gasteiger partial charge >= 0.3 is 18.7 Å². The SMILES string of the molecule is C.C.CC(C)c1ccc(C(F)(F)F)cc1.CC(C)c1ccc(C(F)(F)F)cn1.CC(C)c1ccc(F)cc1.CC(C)c1ccc(OC(F)(F)F)cc1.CC(C)c1ccccn1.COCC(C)(C)O.COCC(O)C1CC1.c1ccccc1. The number of alkyl halides is 9. The molecule has 2 heterocycles. The molecule has 1 saturated carbocycles. The first-order valence-corrected chi connectivity index (χ1v) is 26.2. The van der Waals surface area contributed by atoms with Crippen LogP contribution in [0.5, 0.6) is 5.75 Å². The molecular formula is C65H92F10N2O5. The fourth-order valence-electron chi connectivity index (χ4n) is 6.12. The quantitative estimate of drug-likeness (QED) is 0.125. The molecule has 1 aliphatic rings. The van der Waals surface area contributed by atoms with Gasteiger partial charge in [0, 0.05) is 38.0 Å². The standard InChI is InChI=1S/C10H11F3O.C10H11F3.C9H10F3N.C9H11F.C8H11N.C6H12O2.C6H6.C5H12O2.2CH4/c1-7(2)8-3-5-9(6-4-8)14-10(11,12)13;1-7(2)8-3-5-9(6-4-8)10(11,12)13;1-6(2)8-4-3-7(5-13-8)9(10,11)12;1-7(2)8-3-5-9(10)6-4-8;1-7(2)8-5-3-4-6-9-8;1-8-4-6(7)5-2-3-5;1-2-4-6-5-3-1;1-5(2,6)4-7-3;;/h3-7H,1-2H3;3-7H,1-2H3;3-6H,1-2H3;3-7H,1-2H3;3-7H,1-2H3;5-7H,2-4H2,1H3;1-6H;6H,4H2,1-3H3;2*1H4. The number of pyridine rings is 2. The van der Waals surface area contributed by atoms with Crippen LogP contribution in [0.15, 0.2) is 152 Å². The second-order valence-corrected chi connectivity index (χ2v) is 20.5. The lowest BCUT2D eigenvalue weighted by Crippen LogP contribution is -2.24. The van der Waals surface area contributed by atoms with E-state index in [0.29, 0.717) is 42.6 Å². The number of aliphatic hydroxyl groups excluding tert-OH is 1. The third-order valence-corrected chi connectivity index (χ3v) is 10.9. The summed E-state index contributed by atoms with van der Waals surface area (Å²) in [7, 11) is 3.18. The molecule has 1 aliphatic carbocycles. The number of benzene rings is 4. The molecule has 7 rings (SSSR count). The van der Waals surface area contributed by atoms with Crippen LogP contribution in [-0.4, -0.2) is 65.7 Å². The third kappa shape index (κ3) is 40.3. The van der Waals surface area contributed by atoms with E-state index in [1.807, 2.05) is 114 Å². The topological polar surface area (TPSA) is 93.9 Å². The van der Waals surface area contributed by atoms with E-state index in [9.17, 15) is 43.9 Å². The van der Waals surface area contributed by atoms with Crippen LogP contribution in [0.2, 0.25) is 0 Å². The Bertz CT molecular complexity index is 2340. The van der Waals surface area contributed by atoms with Gasteiger partial charge in [-0.05, 0) is 140 Å². The molecule has 4 aromatic carbocycles. The van der Waals surface area contributed by atoms with Crippen LogP contribution in [0.25, 0.3) is 0 Å². The average Bonchev–Trinajstić information content (AvgIpc) is 4.24.